The molecule has 0 N–H and O–H groups in total. The predicted molar refractivity (Wildman–Crippen MR) is 137 cm³/mol. The van der Waals surface area contributed by atoms with Crippen molar-refractivity contribution >= 4 is 54.6 Å². The molecule has 4 rings (SSSR count). The highest BCUT2D eigenvalue weighted by atomic mass is 79.9. The van der Waals surface area contributed by atoms with Gasteiger partial charge in [0, 0.05) is 31.2 Å². The van der Waals surface area contributed by atoms with Gasteiger partial charge in [-0.1, -0.05) is 92.5 Å². The second-order valence-corrected chi connectivity index (χ2v) is 8.99. The Morgan fingerprint density at radius 2 is 0.719 bits per heavy atom. The lowest BCUT2D eigenvalue weighted by molar-refractivity contribution is 0.103. The molecule has 4 heteroatoms. The first-order valence-electron chi connectivity index (χ1n) is 10.0. The third-order valence-electron chi connectivity index (χ3n) is 5.04. The van der Waals surface area contributed by atoms with Gasteiger partial charge in [0.25, 0.3) is 0 Å². The van der Waals surface area contributed by atoms with Crippen molar-refractivity contribution in [3.8, 4) is 0 Å². The fraction of sp³-hybridized carbons (Fsp3) is 0. The minimum Gasteiger partial charge on any atom is -0.289 e. The summed E-state index contributed by atoms with van der Waals surface area (Å²) in [4.78, 5) is 27.7. The number of halogens is 2. The maximum absolute atomic E-state index is 13.8. The second-order valence-electron chi connectivity index (χ2n) is 7.15. The number of Topliss-reactive ketones (excluding diaryl/α,β-unsaturated/α-hetero) is 2. The van der Waals surface area contributed by atoms with E-state index in [1.165, 1.54) is 0 Å². The number of allylic oxidation sites excluding steroid dienone is 2. The molecule has 2 nitrogen and oxygen atoms in total. The van der Waals surface area contributed by atoms with E-state index in [4.69, 9.17) is 0 Å². The van der Waals surface area contributed by atoms with Crippen molar-refractivity contribution in [1.29, 1.82) is 0 Å². The summed E-state index contributed by atoms with van der Waals surface area (Å²) in [5.41, 5.74) is 3.20. The van der Waals surface area contributed by atoms with Gasteiger partial charge in [0.1, 0.15) is 0 Å². The molecule has 0 bridgehead atoms. The summed E-state index contributed by atoms with van der Waals surface area (Å²) >= 11 is 6.84. The smallest absolute Gasteiger partial charge is 0.194 e. The summed E-state index contributed by atoms with van der Waals surface area (Å²) < 4.78 is 1.77. The number of hydrogen-bond acceptors (Lipinski definition) is 2. The summed E-state index contributed by atoms with van der Waals surface area (Å²) in [5.74, 6) is -0.402. The molecule has 32 heavy (non-hydrogen) atoms. The Hall–Kier alpha value is -3.08. The summed E-state index contributed by atoms with van der Waals surface area (Å²) in [6.07, 6.45) is 0. The Morgan fingerprint density at radius 1 is 0.406 bits per heavy atom. The number of benzene rings is 4. The molecule has 0 aliphatic rings. The first-order valence-corrected chi connectivity index (χ1v) is 11.6. The first kappa shape index (κ1) is 22.1. The highest BCUT2D eigenvalue weighted by molar-refractivity contribution is 9.10. The molecular weight excluding hydrogens is 528 g/mol. The quantitative estimate of drug-likeness (QED) is 0.140. The molecular formula is C28H18Br2O2. The van der Waals surface area contributed by atoms with Crippen LogP contribution in [0.5, 0.6) is 0 Å². The summed E-state index contributed by atoms with van der Waals surface area (Å²) in [5, 5.41) is 0. The van der Waals surface area contributed by atoms with Crippen LogP contribution < -0.4 is 0 Å². The molecule has 4 aromatic rings. The van der Waals surface area contributed by atoms with Gasteiger partial charge in [0.2, 0.25) is 0 Å². The Balaban J connectivity index is 2.01. The third kappa shape index (κ3) is 4.87. The van der Waals surface area contributed by atoms with Gasteiger partial charge in [-0.15, -0.1) is 0 Å². The van der Waals surface area contributed by atoms with Crippen LogP contribution in [-0.2, 0) is 0 Å². The molecule has 0 heterocycles. The molecule has 0 aromatic heterocycles. The van der Waals surface area contributed by atoms with E-state index in [0.717, 1.165) is 8.95 Å². The molecule has 0 aliphatic heterocycles. The van der Waals surface area contributed by atoms with E-state index in [9.17, 15) is 9.59 Å². The van der Waals surface area contributed by atoms with Crippen molar-refractivity contribution in [2.45, 2.75) is 0 Å². The molecule has 0 spiro atoms. The molecule has 0 fully saturated rings. The Kier molecular flexibility index (Phi) is 6.93. The zero-order valence-electron chi connectivity index (χ0n) is 17.0. The van der Waals surface area contributed by atoms with Gasteiger partial charge in [-0.2, -0.15) is 0 Å². The van der Waals surface area contributed by atoms with Gasteiger partial charge < -0.3 is 0 Å². The summed E-state index contributed by atoms with van der Waals surface area (Å²) in [6.45, 7) is 0. The van der Waals surface area contributed by atoms with E-state index in [-0.39, 0.29) is 11.6 Å². The highest BCUT2D eigenvalue weighted by Crippen LogP contribution is 2.33. The lowest BCUT2D eigenvalue weighted by Crippen LogP contribution is -2.12. The van der Waals surface area contributed by atoms with Gasteiger partial charge in [-0.3, -0.25) is 9.59 Å². The fourth-order valence-electron chi connectivity index (χ4n) is 3.48. The van der Waals surface area contributed by atoms with Crippen LogP contribution in [0.2, 0.25) is 0 Å². The zero-order valence-corrected chi connectivity index (χ0v) is 20.1. The van der Waals surface area contributed by atoms with Crippen LogP contribution in [0.15, 0.2) is 118 Å². The van der Waals surface area contributed by atoms with Crippen molar-refractivity contribution < 1.29 is 9.59 Å². The van der Waals surface area contributed by atoms with E-state index in [1.807, 2.05) is 84.9 Å². The largest absolute Gasteiger partial charge is 0.289 e. The van der Waals surface area contributed by atoms with Crippen molar-refractivity contribution in [2.75, 3.05) is 0 Å². The molecule has 0 aliphatic carbocycles. The molecule has 156 valence electrons. The molecule has 0 radical (unpaired) electrons. The highest BCUT2D eigenvalue weighted by Gasteiger charge is 2.25. The average Bonchev–Trinajstić information content (AvgIpc) is 2.84. The number of ketones is 2. The van der Waals surface area contributed by atoms with Gasteiger partial charge in [0.15, 0.2) is 11.6 Å². The minimum atomic E-state index is -0.201. The normalized spacial score (nSPS) is 11.6. The van der Waals surface area contributed by atoms with E-state index in [1.54, 1.807) is 24.3 Å². The Labute approximate surface area is 203 Å². The molecule has 0 atom stereocenters. The van der Waals surface area contributed by atoms with Crippen LogP contribution in [-0.4, -0.2) is 11.6 Å². The van der Waals surface area contributed by atoms with Crippen LogP contribution >= 0.6 is 31.9 Å². The number of carbonyl (C=O) groups excluding carboxylic acids is 2. The molecule has 0 unspecified atom stereocenters. The zero-order chi connectivity index (χ0) is 22.5. The van der Waals surface area contributed by atoms with E-state index < -0.39 is 0 Å². The molecule has 0 amide bonds. The van der Waals surface area contributed by atoms with Crippen LogP contribution in [0.1, 0.15) is 31.8 Å². The maximum Gasteiger partial charge on any atom is 0.194 e. The van der Waals surface area contributed by atoms with Gasteiger partial charge >= 0.3 is 0 Å². The first-order chi connectivity index (χ1) is 15.5. The van der Waals surface area contributed by atoms with E-state index in [2.05, 4.69) is 31.9 Å². The van der Waals surface area contributed by atoms with Crippen LogP contribution in [0.3, 0.4) is 0 Å². The Morgan fingerprint density at radius 3 is 1.03 bits per heavy atom. The molecule has 0 saturated heterocycles. The van der Waals surface area contributed by atoms with Gasteiger partial charge in [-0.25, -0.2) is 0 Å². The fourth-order valence-corrected chi connectivity index (χ4v) is 4.01. The Bertz CT molecular complexity index is 1170. The summed E-state index contributed by atoms with van der Waals surface area (Å²) in [7, 11) is 0. The second kappa shape index (κ2) is 10.0. The van der Waals surface area contributed by atoms with Crippen molar-refractivity contribution in [1.82, 2.24) is 0 Å². The lowest BCUT2D eigenvalue weighted by Gasteiger charge is -2.16. The number of carbonyl (C=O) groups is 2. The van der Waals surface area contributed by atoms with Gasteiger partial charge in [-0.05, 0) is 59.7 Å². The standard InChI is InChI=1S/C28H18Br2O2/c29-23-15-11-21(12-16-23)27(31)25(19-7-3-1-4-8-19)26(20-9-5-2-6-10-20)28(32)22-13-17-24(30)18-14-22/h1-18H/b26-25-. The topological polar surface area (TPSA) is 34.1 Å². The van der Waals surface area contributed by atoms with Crippen molar-refractivity contribution in [3.63, 3.8) is 0 Å². The average molecular weight is 546 g/mol. The van der Waals surface area contributed by atoms with Gasteiger partial charge in [0.05, 0.1) is 0 Å². The SMILES string of the molecule is O=C(/C(=C(\C(=O)c1ccc(Br)cc1)c1ccccc1)c1ccccc1)c1ccc(Br)cc1. The number of hydrogen-bond donors (Lipinski definition) is 0. The lowest BCUT2D eigenvalue weighted by atomic mass is 9.85. The number of rotatable bonds is 6. The van der Waals surface area contributed by atoms with Crippen LogP contribution in [0.4, 0.5) is 0 Å². The maximum atomic E-state index is 13.8. The minimum absolute atomic E-state index is 0.201. The predicted octanol–water partition coefficient (Wildman–Crippen LogP) is 7.89. The van der Waals surface area contributed by atoms with E-state index >= 15 is 0 Å². The summed E-state index contributed by atoms with van der Waals surface area (Å²) in [6, 6.07) is 33.1. The van der Waals surface area contributed by atoms with E-state index in [0.29, 0.717) is 33.4 Å². The molecule has 0 saturated carbocycles. The van der Waals surface area contributed by atoms with Crippen LogP contribution in [0.25, 0.3) is 11.1 Å². The van der Waals surface area contributed by atoms with Crippen LogP contribution in [0, 0.1) is 0 Å². The van der Waals surface area contributed by atoms with Crippen molar-refractivity contribution in [3.05, 3.63) is 140 Å². The van der Waals surface area contributed by atoms with Crippen molar-refractivity contribution in [2.24, 2.45) is 0 Å². The molecule has 4 aromatic carbocycles. The third-order valence-corrected chi connectivity index (χ3v) is 6.10. The monoisotopic (exact) mass is 544 g/mol.